The molecule has 0 radical (unpaired) electrons. The van der Waals surface area contributed by atoms with Crippen LogP contribution in [0.3, 0.4) is 0 Å². The Hall–Kier alpha value is -3.93. The van der Waals surface area contributed by atoms with E-state index in [0.717, 1.165) is 5.56 Å². The van der Waals surface area contributed by atoms with Gasteiger partial charge in [0.15, 0.2) is 0 Å². The molecule has 0 N–H and O–H groups in total. The maximum absolute atomic E-state index is 12.5. The predicted molar refractivity (Wildman–Crippen MR) is 114 cm³/mol. The molecule has 0 atom stereocenters. The van der Waals surface area contributed by atoms with Crippen molar-refractivity contribution in [3.8, 4) is 5.75 Å². The number of hydrogen-bond donors (Lipinski definition) is 0. The van der Waals surface area contributed by atoms with Crippen LogP contribution < -0.4 is 4.74 Å². The number of nitrogens with zero attached hydrogens (tertiary/aromatic N) is 1. The van der Waals surface area contributed by atoms with Crippen LogP contribution in [0.15, 0.2) is 78.9 Å². The lowest BCUT2D eigenvalue weighted by molar-refractivity contribution is 0.0468. The van der Waals surface area contributed by atoms with Gasteiger partial charge in [-0.05, 0) is 36.2 Å². The van der Waals surface area contributed by atoms with E-state index in [0.29, 0.717) is 28.9 Å². The summed E-state index contributed by atoms with van der Waals surface area (Å²) in [5.41, 5.74) is 2.09. The first kappa shape index (κ1) is 20.3. The number of imide groups is 1. The topological polar surface area (TPSA) is 72.9 Å². The highest BCUT2D eigenvalue weighted by atomic mass is 16.5. The number of benzene rings is 3. The summed E-state index contributed by atoms with van der Waals surface area (Å²) in [4.78, 5) is 38.5. The summed E-state index contributed by atoms with van der Waals surface area (Å²) in [5.74, 6) is -0.640. The Kier molecular flexibility index (Phi) is 6.08. The third-order valence-corrected chi connectivity index (χ3v) is 4.98. The van der Waals surface area contributed by atoms with Crippen molar-refractivity contribution in [3.63, 3.8) is 0 Å². The van der Waals surface area contributed by atoms with Gasteiger partial charge in [0.2, 0.25) is 0 Å². The fourth-order valence-electron chi connectivity index (χ4n) is 3.41. The standard InChI is InChI=1S/C25H21NO5/c27-23-19-11-4-5-12-20(19)24(28)26(23)15-8-16-30-22-14-7-6-13-21(22)25(29)31-17-18-9-2-1-3-10-18/h1-7,9-14H,8,15-17H2. The molecule has 6 nitrogen and oxygen atoms in total. The van der Waals surface area contributed by atoms with Crippen LogP contribution in [0.2, 0.25) is 0 Å². The first-order chi connectivity index (χ1) is 15.1. The second-order valence-corrected chi connectivity index (χ2v) is 7.07. The molecule has 3 aromatic rings. The van der Waals surface area contributed by atoms with E-state index in [1.807, 2.05) is 30.3 Å². The zero-order chi connectivity index (χ0) is 21.6. The average molecular weight is 415 g/mol. The molecule has 4 rings (SSSR count). The van der Waals surface area contributed by atoms with Crippen molar-refractivity contribution < 1.29 is 23.9 Å². The summed E-state index contributed by atoms with van der Waals surface area (Å²) in [6.45, 7) is 0.664. The molecule has 0 bridgehead atoms. The van der Waals surface area contributed by atoms with Gasteiger partial charge in [-0.15, -0.1) is 0 Å². The van der Waals surface area contributed by atoms with Crippen LogP contribution in [0, 0.1) is 0 Å². The van der Waals surface area contributed by atoms with E-state index in [2.05, 4.69) is 0 Å². The number of carbonyl (C=O) groups excluding carboxylic acids is 3. The van der Waals surface area contributed by atoms with Crippen LogP contribution in [-0.2, 0) is 11.3 Å². The number of rotatable bonds is 8. The van der Waals surface area contributed by atoms with Gasteiger partial charge >= 0.3 is 5.97 Å². The van der Waals surface area contributed by atoms with Crippen molar-refractivity contribution in [2.45, 2.75) is 13.0 Å². The van der Waals surface area contributed by atoms with Crippen molar-refractivity contribution in [2.75, 3.05) is 13.2 Å². The lowest BCUT2D eigenvalue weighted by Crippen LogP contribution is -2.31. The van der Waals surface area contributed by atoms with E-state index in [-0.39, 0.29) is 31.6 Å². The predicted octanol–water partition coefficient (Wildman–Crippen LogP) is 4.11. The lowest BCUT2D eigenvalue weighted by Gasteiger charge is -2.15. The lowest BCUT2D eigenvalue weighted by atomic mass is 10.1. The molecule has 31 heavy (non-hydrogen) atoms. The van der Waals surface area contributed by atoms with E-state index in [1.165, 1.54) is 4.90 Å². The van der Waals surface area contributed by atoms with Crippen LogP contribution >= 0.6 is 0 Å². The second kappa shape index (κ2) is 9.26. The smallest absolute Gasteiger partial charge is 0.342 e. The molecule has 156 valence electrons. The highest BCUT2D eigenvalue weighted by Crippen LogP contribution is 2.23. The largest absolute Gasteiger partial charge is 0.493 e. The van der Waals surface area contributed by atoms with Gasteiger partial charge in [0.05, 0.1) is 17.7 Å². The van der Waals surface area contributed by atoms with Gasteiger partial charge < -0.3 is 9.47 Å². The van der Waals surface area contributed by atoms with Crippen LogP contribution in [0.1, 0.15) is 43.1 Å². The van der Waals surface area contributed by atoms with Crippen molar-refractivity contribution in [1.29, 1.82) is 0 Å². The van der Waals surface area contributed by atoms with Crippen LogP contribution in [0.4, 0.5) is 0 Å². The average Bonchev–Trinajstić information content (AvgIpc) is 3.06. The minimum Gasteiger partial charge on any atom is -0.493 e. The number of ether oxygens (including phenoxy) is 2. The van der Waals surface area contributed by atoms with Crippen molar-refractivity contribution in [3.05, 3.63) is 101 Å². The van der Waals surface area contributed by atoms with E-state index < -0.39 is 5.97 Å². The monoisotopic (exact) mass is 415 g/mol. The fourth-order valence-corrected chi connectivity index (χ4v) is 3.41. The van der Waals surface area contributed by atoms with E-state index >= 15 is 0 Å². The van der Waals surface area contributed by atoms with E-state index in [9.17, 15) is 14.4 Å². The number of esters is 1. The van der Waals surface area contributed by atoms with Gasteiger partial charge in [0.25, 0.3) is 11.8 Å². The Morgan fingerprint density at radius 1 is 0.774 bits per heavy atom. The highest BCUT2D eigenvalue weighted by molar-refractivity contribution is 6.21. The molecule has 1 aliphatic rings. The van der Waals surface area contributed by atoms with E-state index in [4.69, 9.17) is 9.47 Å². The van der Waals surface area contributed by atoms with Gasteiger partial charge in [-0.1, -0.05) is 54.6 Å². The molecule has 1 heterocycles. The highest BCUT2D eigenvalue weighted by Gasteiger charge is 2.34. The molecule has 0 aromatic heterocycles. The molecule has 3 aromatic carbocycles. The van der Waals surface area contributed by atoms with Gasteiger partial charge in [0.1, 0.15) is 17.9 Å². The van der Waals surface area contributed by atoms with Gasteiger partial charge in [0, 0.05) is 6.54 Å². The SMILES string of the molecule is O=C(OCc1ccccc1)c1ccccc1OCCCN1C(=O)c2ccccc2C1=O. The Balaban J connectivity index is 1.31. The number of carbonyl (C=O) groups is 3. The normalized spacial score (nSPS) is 12.6. The molecule has 0 fully saturated rings. The van der Waals surface area contributed by atoms with Crippen LogP contribution in [0.25, 0.3) is 0 Å². The maximum atomic E-state index is 12.5. The van der Waals surface area contributed by atoms with Crippen molar-refractivity contribution >= 4 is 17.8 Å². The molecule has 0 aliphatic carbocycles. The number of hydrogen-bond acceptors (Lipinski definition) is 5. The molecule has 0 unspecified atom stereocenters. The quantitative estimate of drug-likeness (QED) is 0.315. The second-order valence-electron chi connectivity index (χ2n) is 7.07. The fraction of sp³-hybridized carbons (Fsp3) is 0.160. The van der Waals surface area contributed by atoms with Crippen molar-refractivity contribution in [2.24, 2.45) is 0 Å². The molecule has 1 aliphatic heterocycles. The number of fused-ring (bicyclic) bond motifs is 1. The molecule has 0 saturated carbocycles. The summed E-state index contributed by atoms with van der Waals surface area (Å²) in [7, 11) is 0. The van der Waals surface area contributed by atoms with Gasteiger partial charge in [-0.2, -0.15) is 0 Å². The summed E-state index contributed by atoms with van der Waals surface area (Å²) < 4.78 is 11.2. The minimum absolute atomic E-state index is 0.174. The zero-order valence-electron chi connectivity index (χ0n) is 16.8. The minimum atomic E-state index is -0.472. The zero-order valence-corrected chi connectivity index (χ0v) is 16.8. The first-order valence-electron chi connectivity index (χ1n) is 10.0. The van der Waals surface area contributed by atoms with Crippen molar-refractivity contribution in [1.82, 2.24) is 4.90 Å². The Morgan fingerprint density at radius 3 is 2.10 bits per heavy atom. The van der Waals surface area contributed by atoms with E-state index in [1.54, 1.807) is 48.5 Å². The Labute approximate surface area is 180 Å². The van der Waals surface area contributed by atoms with Gasteiger partial charge in [-0.25, -0.2) is 4.79 Å². The molecule has 0 spiro atoms. The molecule has 0 saturated heterocycles. The molecular formula is C25H21NO5. The number of para-hydroxylation sites is 1. The Morgan fingerprint density at radius 2 is 1.39 bits per heavy atom. The van der Waals surface area contributed by atoms with Crippen LogP contribution in [0.5, 0.6) is 5.75 Å². The maximum Gasteiger partial charge on any atom is 0.342 e. The summed E-state index contributed by atoms with van der Waals surface area (Å²) in [6.07, 6.45) is 0.443. The summed E-state index contributed by atoms with van der Waals surface area (Å²) in [6, 6.07) is 23.1. The number of amides is 2. The van der Waals surface area contributed by atoms with Crippen LogP contribution in [-0.4, -0.2) is 35.8 Å². The molecular weight excluding hydrogens is 394 g/mol. The van der Waals surface area contributed by atoms with Gasteiger partial charge in [-0.3, -0.25) is 14.5 Å². The third-order valence-electron chi connectivity index (χ3n) is 4.98. The first-order valence-corrected chi connectivity index (χ1v) is 10.0. The third kappa shape index (κ3) is 4.48. The molecule has 2 amide bonds. The Bertz CT molecular complexity index is 1070. The molecule has 6 heteroatoms. The summed E-state index contributed by atoms with van der Waals surface area (Å²) >= 11 is 0. The summed E-state index contributed by atoms with van der Waals surface area (Å²) in [5, 5.41) is 0.